The molecule has 1 saturated heterocycles. The third kappa shape index (κ3) is 7.47. The van der Waals surface area contributed by atoms with E-state index in [1.807, 2.05) is 47.0 Å². The molecule has 11 heteroatoms. The number of aromatic nitrogens is 6. The summed E-state index contributed by atoms with van der Waals surface area (Å²) >= 11 is 0. The van der Waals surface area contributed by atoms with Crippen LogP contribution < -0.4 is 16.4 Å². The summed E-state index contributed by atoms with van der Waals surface area (Å²) in [6, 6.07) is 22.4. The number of anilines is 1. The molecule has 0 aliphatic carbocycles. The van der Waals surface area contributed by atoms with Gasteiger partial charge in [0.15, 0.2) is 11.5 Å². The second-order valence-electron chi connectivity index (χ2n) is 11.4. The first-order valence-corrected chi connectivity index (χ1v) is 15.3. The molecule has 5 N–H and O–H groups in total. The Labute approximate surface area is 256 Å². The first-order chi connectivity index (χ1) is 21.6. The number of hydrogen-bond acceptors (Lipinski definition) is 8. The van der Waals surface area contributed by atoms with Crippen LogP contribution in [0.25, 0.3) is 22.4 Å². The quantitative estimate of drug-likeness (QED) is 0.144. The Morgan fingerprint density at radius 3 is 2.70 bits per heavy atom. The third-order valence-electron chi connectivity index (χ3n) is 8.18. The predicted molar refractivity (Wildman–Crippen MR) is 169 cm³/mol. The first kappa shape index (κ1) is 29.5. The lowest BCUT2D eigenvalue weighted by molar-refractivity contribution is -0.121. The lowest BCUT2D eigenvalue weighted by Crippen LogP contribution is -2.27. The van der Waals surface area contributed by atoms with Crippen LogP contribution in [0.15, 0.2) is 79.4 Å². The highest BCUT2D eigenvalue weighted by molar-refractivity contribution is 5.81. The highest BCUT2D eigenvalue weighted by Gasteiger charge is 2.30. The minimum Gasteiger partial charge on any atom is -0.382 e. The Hall–Kier alpha value is -4.61. The number of aromatic amines is 1. The van der Waals surface area contributed by atoms with Crippen LogP contribution in [0.5, 0.6) is 0 Å². The van der Waals surface area contributed by atoms with E-state index < -0.39 is 0 Å². The molecule has 0 saturated carbocycles. The van der Waals surface area contributed by atoms with Crippen LogP contribution in [0, 0.1) is 5.92 Å². The molecule has 6 rings (SSSR count). The lowest BCUT2D eigenvalue weighted by Gasteiger charge is -2.22. The monoisotopic (exact) mass is 593 g/mol. The van der Waals surface area contributed by atoms with Crippen LogP contribution in [-0.4, -0.2) is 48.3 Å². The van der Waals surface area contributed by atoms with Gasteiger partial charge in [-0.25, -0.2) is 15.0 Å². The SMILES string of the molecule is Nc1ncnc2c1ncn2[C@H]1CC[C@@H](C[C@H](CCCC(=O)NCc2cc(-c3ccccc3)n[nH]2)CNCc2ccccc2)O1. The van der Waals surface area contributed by atoms with Gasteiger partial charge in [-0.3, -0.25) is 14.5 Å². The number of hydrogen-bond donors (Lipinski definition) is 4. The normalized spacial score (nSPS) is 17.2. The van der Waals surface area contributed by atoms with Gasteiger partial charge >= 0.3 is 0 Å². The van der Waals surface area contributed by atoms with Crippen molar-refractivity contribution in [1.29, 1.82) is 0 Å². The number of imidazole rings is 1. The van der Waals surface area contributed by atoms with Crippen LogP contribution in [-0.2, 0) is 22.6 Å². The standard InChI is InChI=1S/C33H39N9O2/c34-32-31-33(38-21-37-32)42(22-39-31)30-15-14-27(44-30)16-24(19-35-18-23-8-3-1-4-9-23)10-7-13-29(43)36-20-26-17-28(41-40-26)25-11-5-2-6-12-25/h1-6,8-9,11-12,17,21-22,24,27,30,35H,7,10,13-16,18-20H2,(H,36,43)(H,40,41)(H2,34,37,38)/t24-,27-,30+/m0/s1. The average Bonchev–Trinajstić information content (AvgIpc) is 3.81. The maximum absolute atomic E-state index is 12.7. The number of nitrogen functional groups attached to an aromatic ring is 1. The highest BCUT2D eigenvalue weighted by atomic mass is 16.5. The number of nitrogens with two attached hydrogens (primary N) is 1. The zero-order valence-corrected chi connectivity index (χ0v) is 24.7. The van der Waals surface area contributed by atoms with Crippen molar-refractivity contribution in [3.8, 4) is 11.3 Å². The maximum Gasteiger partial charge on any atom is 0.220 e. The van der Waals surface area contributed by atoms with Gasteiger partial charge in [0, 0.05) is 18.5 Å². The number of ether oxygens (including phenoxy) is 1. The van der Waals surface area contributed by atoms with Gasteiger partial charge in [-0.15, -0.1) is 0 Å². The number of benzene rings is 2. The number of rotatable bonds is 14. The van der Waals surface area contributed by atoms with E-state index in [4.69, 9.17) is 10.5 Å². The molecule has 228 valence electrons. The van der Waals surface area contributed by atoms with E-state index in [-0.39, 0.29) is 18.2 Å². The Kier molecular flexibility index (Phi) is 9.54. The molecular formula is C33H39N9O2. The fourth-order valence-electron chi connectivity index (χ4n) is 5.88. The molecule has 3 aromatic heterocycles. The first-order valence-electron chi connectivity index (χ1n) is 15.3. The van der Waals surface area contributed by atoms with Gasteiger partial charge in [0.2, 0.25) is 5.91 Å². The second kappa shape index (κ2) is 14.2. The molecule has 1 aliphatic heterocycles. The molecule has 1 fully saturated rings. The van der Waals surface area contributed by atoms with E-state index in [0.29, 0.717) is 35.9 Å². The van der Waals surface area contributed by atoms with Gasteiger partial charge in [0.05, 0.1) is 30.4 Å². The second-order valence-corrected chi connectivity index (χ2v) is 11.4. The van der Waals surface area contributed by atoms with Crippen molar-refractivity contribution in [2.75, 3.05) is 12.3 Å². The molecule has 0 radical (unpaired) electrons. The van der Waals surface area contributed by atoms with Crippen molar-refractivity contribution in [1.82, 2.24) is 40.3 Å². The Bertz CT molecular complexity index is 1640. The van der Waals surface area contributed by atoms with Crippen LogP contribution in [0.4, 0.5) is 5.82 Å². The molecule has 3 atom stereocenters. The molecule has 0 spiro atoms. The summed E-state index contributed by atoms with van der Waals surface area (Å²) in [5.74, 6) is 0.787. The average molecular weight is 594 g/mol. The summed E-state index contributed by atoms with van der Waals surface area (Å²) in [4.78, 5) is 25.5. The van der Waals surface area contributed by atoms with Crippen molar-refractivity contribution in [2.24, 2.45) is 5.92 Å². The predicted octanol–water partition coefficient (Wildman–Crippen LogP) is 4.76. The number of fused-ring (bicyclic) bond motifs is 1. The van der Waals surface area contributed by atoms with E-state index in [9.17, 15) is 4.79 Å². The summed E-state index contributed by atoms with van der Waals surface area (Å²) < 4.78 is 8.46. The Balaban J connectivity index is 0.999. The minimum atomic E-state index is -0.132. The molecule has 0 unspecified atom stereocenters. The summed E-state index contributed by atoms with van der Waals surface area (Å²) in [5, 5.41) is 14.1. The van der Waals surface area contributed by atoms with Crippen molar-refractivity contribution >= 4 is 22.9 Å². The number of carbonyl (C=O) groups is 1. The largest absolute Gasteiger partial charge is 0.382 e. The third-order valence-corrected chi connectivity index (χ3v) is 8.18. The molecule has 2 aromatic carbocycles. The summed E-state index contributed by atoms with van der Waals surface area (Å²) in [7, 11) is 0. The van der Waals surface area contributed by atoms with Gasteiger partial charge in [0.1, 0.15) is 18.1 Å². The topological polar surface area (TPSA) is 149 Å². The summed E-state index contributed by atoms with van der Waals surface area (Å²) in [6.45, 7) is 2.09. The van der Waals surface area contributed by atoms with E-state index in [0.717, 1.165) is 62.1 Å². The van der Waals surface area contributed by atoms with Crippen molar-refractivity contribution in [3.05, 3.63) is 90.6 Å². The molecule has 4 heterocycles. The zero-order valence-electron chi connectivity index (χ0n) is 24.7. The van der Waals surface area contributed by atoms with E-state index in [1.165, 1.54) is 11.9 Å². The molecular weight excluding hydrogens is 554 g/mol. The molecule has 0 bridgehead atoms. The van der Waals surface area contributed by atoms with E-state index in [1.54, 1.807) is 6.33 Å². The fraction of sp³-hybridized carbons (Fsp3) is 0.364. The molecule has 5 aromatic rings. The summed E-state index contributed by atoms with van der Waals surface area (Å²) in [5.41, 5.74) is 11.3. The van der Waals surface area contributed by atoms with E-state index >= 15 is 0 Å². The highest BCUT2D eigenvalue weighted by Crippen LogP contribution is 2.34. The molecule has 1 aliphatic rings. The van der Waals surface area contributed by atoms with Gasteiger partial charge < -0.3 is 21.1 Å². The molecule has 11 nitrogen and oxygen atoms in total. The Morgan fingerprint density at radius 2 is 1.86 bits per heavy atom. The number of amides is 1. The van der Waals surface area contributed by atoms with E-state index in [2.05, 4.69) is 60.0 Å². The maximum atomic E-state index is 12.7. The summed E-state index contributed by atoms with van der Waals surface area (Å²) in [6.07, 6.45) is 8.16. The van der Waals surface area contributed by atoms with Gasteiger partial charge in [-0.1, -0.05) is 60.7 Å². The minimum absolute atomic E-state index is 0.0438. The number of nitrogens with one attached hydrogen (secondary N) is 3. The van der Waals surface area contributed by atoms with Gasteiger partial charge in [-0.2, -0.15) is 5.10 Å². The van der Waals surface area contributed by atoms with Crippen molar-refractivity contribution in [3.63, 3.8) is 0 Å². The van der Waals surface area contributed by atoms with Crippen LogP contribution in [0.1, 0.15) is 56.0 Å². The van der Waals surface area contributed by atoms with Crippen molar-refractivity contribution in [2.45, 2.75) is 63.9 Å². The fourth-order valence-corrected chi connectivity index (χ4v) is 5.88. The van der Waals surface area contributed by atoms with Crippen LogP contribution >= 0.6 is 0 Å². The number of nitrogens with zero attached hydrogens (tertiary/aromatic N) is 5. The smallest absolute Gasteiger partial charge is 0.220 e. The lowest BCUT2D eigenvalue weighted by atomic mass is 9.94. The number of carbonyl (C=O) groups excluding carboxylic acids is 1. The van der Waals surface area contributed by atoms with Gasteiger partial charge in [0.25, 0.3) is 0 Å². The van der Waals surface area contributed by atoms with Crippen LogP contribution in [0.3, 0.4) is 0 Å². The van der Waals surface area contributed by atoms with Gasteiger partial charge in [-0.05, 0) is 56.2 Å². The Morgan fingerprint density at radius 1 is 1.05 bits per heavy atom. The zero-order chi connectivity index (χ0) is 30.1. The van der Waals surface area contributed by atoms with Crippen molar-refractivity contribution < 1.29 is 9.53 Å². The number of H-pyrrole nitrogens is 1. The van der Waals surface area contributed by atoms with Crippen LogP contribution in [0.2, 0.25) is 0 Å². The molecule has 44 heavy (non-hydrogen) atoms. The molecule has 1 amide bonds.